The minimum Gasteiger partial charge on any atom is -0.357 e. The second kappa shape index (κ2) is 9.74. The molecule has 0 aromatic carbocycles. The zero-order valence-corrected chi connectivity index (χ0v) is 17.9. The number of thiophene rings is 1. The molecule has 0 spiro atoms. The van der Waals surface area contributed by atoms with Gasteiger partial charge in [-0.1, -0.05) is 19.3 Å². The zero-order chi connectivity index (χ0) is 18.4. The van der Waals surface area contributed by atoms with Gasteiger partial charge in [0.05, 0.1) is 6.54 Å². The van der Waals surface area contributed by atoms with Gasteiger partial charge in [0.2, 0.25) is 5.91 Å². The van der Waals surface area contributed by atoms with Gasteiger partial charge < -0.3 is 15.5 Å². The Bertz CT molecular complexity index is 627. The van der Waals surface area contributed by atoms with Crippen molar-refractivity contribution in [1.29, 1.82) is 0 Å². The molecule has 144 valence electrons. The number of carbonyl (C=O) groups is 1. The van der Waals surface area contributed by atoms with E-state index in [0.717, 1.165) is 49.3 Å². The maximum absolute atomic E-state index is 12.7. The Morgan fingerprint density at radius 1 is 1.35 bits per heavy atom. The van der Waals surface area contributed by atoms with Crippen molar-refractivity contribution in [3.8, 4) is 0 Å². The van der Waals surface area contributed by atoms with Crippen LogP contribution in [0.1, 0.15) is 50.3 Å². The third-order valence-corrected chi connectivity index (χ3v) is 6.84. The minimum absolute atomic E-state index is 0.265. The number of carbonyl (C=O) groups excluding carboxylic acids is 1. The van der Waals surface area contributed by atoms with Gasteiger partial charge in [0.25, 0.3) is 0 Å². The van der Waals surface area contributed by atoms with Crippen LogP contribution < -0.4 is 10.6 Å². The lowest BCUT2D eigenvalue weighted by Crippen LogP contribution is -2.45. The summed E-state index contributed by atoms with van der Waals surface area (Å²) >= 11 is 5.20. The number of rotatable bonds is 5. The van der Waals surface area contributed by atoms with E-state index in [1.165, 1.54) is 24.1 Å². The van der Waals surface area contributed by atoms with Crippen LogP contribution in [0.5, 0.6) is 0 Å². The van der Waals surface area contributed by atoms with Crippen LogP contribution in [-0.4, -0.2) is 42.4 Å². The molecular weight excluding hydrogens is 412 g/mol. The van der Waals surface area contributed by atoms with E-state index in [1.54, 1.807) is 11.3 Å². The summed E-state index contributed by atoms with van der Waals surface area (Å²) in [6, 6.07) is 2.40. The molecule has 1 aromatic heterocycles. The highest BCUT2D eigenvalue weighted by molar-refractivity contribution is 9.10. The number of halogens is 1. The number of amides is 1. The third kappa shape index (κ3) is 5.46. The Hall–Kier alpha value is -1.08. The normalized spacial score (nSPS) is 21.8. The molecule has 1 saturated heterocycles. The standard InChI is InChI=1S/C19H29BrN4OS/c1-2-21-19(22-11-17-10-15(20)13-26-17)23-16-8-9-24(12-16)18(25)14-6-4-3-5-7-14/h10,13-14,16H,2-9,11-12H2,1H3,(H2,21,22,23). The lowest BCUT2D eigenvalue weighted by atomic mass is 9.88. The minimum atomic E-state index is 0.265. The van der Waals surface area contributed by atoms with E-state index in [1.807, 2.05) is 0 Å². The fourth-order valence-corrected chi connectivity index (χ4v) is 5.17. The van der Waals surface area contributed by atoms with E-state index in [4.69, 9.17) is 4.99 Å². The van der Waals surface area contributed by atoms with Crippen molar-refractivity contribution in [2.75, 3.05) is 19.6 Å². The number of hydrogen-bond acceptors (Lipinski definition) is 3. The molecule has 1 aliphatic heterocycles. The lowest BCUT2D eigenvalue weighted by Gasteiger charge is -2.26. The van der Waals surface area contributed by atoms with Crippen molar-refractivity contribution in [2.45, 2.75) is 58.0 Å². The van der Waals surface area contributed by atoms with Crippen molar-refractivity contribution in [1.82, 2.24) is 15.5 Å². The number of nitrogens with one attached hydrogen (secondary N) is 2. The Labute approximate surface area is 168 Å². The number of likely N-dealkylation sites (tertiary alicyclic amines) is 1. The molecule has 0 bridgehead atoms. The van der Waals surface area contributed by atoms with Gasteiger partial charge in [-0.2, -0.15) is 0 Å². The van der Waals surface area contributed by atoms with Gasteiger partial charge >= 0.3 is 0 Å². The molecule has 2 heterocycles. The molecule has 0 radical (unpaired) electrons. The quantitative estimate of drug-likeness (QED) is 0.541. The van der Waals surface area contributed by atoms with E-state index in [2.05, 4.69) is 49.8 Å². The average molecular weight is 441 g/mol. The molecule has 2 fully saturated rings. The summed E-state index contributed by atoms with van der Waals surface area (Å²) in [4.78, 5) is 20.7. The Morgan fingerprint density at radius 3 is 2.85 bits per heavy atom. The van der Waals surface area contributed by atoms with E-state index < -0.39 is 0 Å². The first-order valence-corrected chi connectivity index (χ1v) is 11.4. The van der Waals surface area contributed by atoms with Gasteiger partial charge in [-0.05, 0) is 48.2 Å². The molecule has 3 rings (SSSR count). The smallest absolute Gasteiger partial charge is 0.225 e. The molecule has 7 heteroatoms. The second-order valence-electron chi connectivity index (χ2n) is 7.18. The fraction of sp³-hybridized carbons (Fsp3) is 0.684. The van der Waals surface area contributed by atoms with Gasteiger partial charge in [0, 0.05) is 46.3 Å². The van der Waals surface area contributed by atoms with Crippen LogP contribution in [0.3, 0.4) is 0 Å². The number of nitrogens with zero attached hydrogens (tertiary/aromatic N) is 2. The zero-order valence-electron chi connectivity index (χ0n) is 15.5. The highest BCUT2D eigenvalue weighted by atomic mass is 79.9. The van der Waals surface area contributed by atoms with Gasteiger partial charge in [-0.3, -0.25) is 4.79 Å². The Morgan fingerprint density at radius 2 is 2.15 bits per heavy atom. The van der Waals surface area contributed by atoms with Crippen molar-refractivity contribution in [3.05, 3.63) is 20.8 Å². The first-order chi connectivity index (χ1) is 12.7. The molecule has 2 aliphatic rings. The maximum atomic E-state index is 12.7. The highest BCUT2D eigenvalue weighted by Gasteiger charge is 2.31. The van der Waals surface area contributed by atoms with Crippen LogP contribution >= 0.6 is 27.3 Å². The molecule has 1 amide bonds. The van der Waals surface area contributed by atoms with Crippen LogP contribution in [0, 0.1) is 5.92 Å². The molecule has 26 heavy (non-hydrogen) atoms. The molecule has 5 nitrogen and oxygen atoms in total. The van der Waals surface area contributed by atoms with Crippen LogP contribution in [0.2, 0.25) is 0 Å². The molecule has 1 unspecified atom stereocenters. The predicted octanol–water partition coefficient (Wildman–Crippen LogP) is 3.75. The second-order valence-corrected chi connectivity index (χ2v) is 9.09. The maximum Gasteiger partial charge on any atom is 0.225 e. The molecule has 1 aromatic rings. The Kier molecular flexibility index (Phi) is 7.37. The van der Waals surface area contributed by atoms with Crippen molar-refractivity contribution in [2.24, 2.45) is 10.9 Å². The largest absolute Gasteiger partial charge is 0.357 e. The SMILES string of the molecule is CCNC(=NCc1cc(Br)cs1)NC1CCN(C(=O)C2CCCCC2)C1. The summed E-state index contributed by atoms with van der Waals surface area (Å²) in [5.41, 5.74) is 0. The summed E-state index contributed by atoms with van der Waals surface area (Å²) < 4.78 is 1.11. The first-order valence-electron chi connectivity index (χ1n) is 9.72. The summed E-state index contributed by atoms with van der Waals surface area (Å²) in [6.07, 6.45) is 6.86. The predicted molar refractivity (Wildman–Crippen MR) is 112 cm³/mol. The molecule has 1 saturated carbocycles. The first kappa shape index (κ1) is 19.7. The average Bonchev–Trinajstić information content (AvgIpc) is 3.29. The van der Waals surface area contributed by atoms with Crippen LogP contribution in [0.25, 0.3) is 0 Å². The van der Waals surface area contributed by atoms with Crippen molar-refractivity contribution >= 4 is 39.1 Å². The lowest BCUT2D eigenvalue weighted by molar-refractivity contribution is -0.135. The third-order valence-electron chi connectivity index (χ3n) is 5.15. The van der Waals surface area contributed by atoms with Gasteiger partial charge in [-0.15, -0.1) is 11.3 Å². The van der Waals surface area contributed by atoms with Gasteiger partial charge in [0.15, 0.2) is 5.96 Å². The Balaban J connectivity index is 1.52. The van der Waals surface area contributed by atoms with Crippen LogP contribution in [0.4, 0.5) is 0 Å². The van der Waals surface area contributed by atoms with Crippen molar-refractivity contribution in [3.63, 3.8) is 0 Å². The fourth-order valence-electron chi connectivity index (χ4n) is 3.79. The van der Waals surface area contributed by atoms with Gasteiger partial charge in [0.1, 0.15) is 0 Å². The van der Waals surface area contributed by atoms with E-state index >= 15 is 0 Å². The number of aliphatic imine (C=N–C) groups is 1. The topological polar surface area (TPSA) is 56.7 Å². The highest BCUT2D eigenvalue weighted by Crippen LogP contribution is 2.26. The summed E-state index contributed by atoms with van der Waals surface area (Å²) in [5.74, 6) is 1.48. The summed E-state index contributed by atoms with van der Waals surface area (Å²) in [7, 11) is 0. The van der Waals surface area contributed by atoms with E-state index in [0.29, 0.717) is 12.5 Å². The van der Waals surface area contributed by atoms with Crippen LogP contribution in [-0.2, 0) is 11.3 Å². The molecular formula is C19H29BrN4OS. The number of guanidine groups is 1. The summed E-state index contributed by atoms with van der Waals surface area (Å²) in [5, 5.41) is 8.92. The van der Waals surface area contributed by atoms with Crippen molar-refractivity contribution < 1.29 is 4.79 Å². The monoisotopic (exact) mass is 440 g/mol. The molecule has 1 atom stereocenters. The van der Waals surface area contributed by atoms with Gasteiger partial charge in [-0.25, -0.2) is 4.99 Å². The van der Waals surface area contributed by atoms with Crippen LogP contribution in [0.15, 0.2) is 20.9 Å². The van der Waals surface area contributed by atoms with E-state index in [9.17, 15) is 4.79 Å². The van der Waals surface area contributed by atoms with E-state index in [-0.39, 0.29) is 12.0 Å². The molecule has 2 N–H and O–H groups in total. The molecule has 1 aliphatic carbocycles. The summed E-state index contributed by atoms with van der Waals surface area (Å²) in [6.45, 7) is 5.24. The number of hydrogen-bond donors (Lipinski definition) is 2.